The lowest BCUT2D eigenvalue weighted by molar-refractivity contribution is -0.119. The average Bonchev–Trinajstić information content (AvgIpc) is 3.07. The molecule has 0 aliphatic carbocycles. The Morgan fingerprint density at radius 3 is 2.57 bits per heavy atom. The Morgan fingerprint density at radius 2 is 1.89 bits per heavy atom. The summed E-state index contributed by atoms with van der Waals surface area (Å²) >= 11 is 6.69. The molecule has 0 atom stereocenters. The number of sulfonamides is 1. The number of carbonyl (C=O) groups is 1. The zero-order valence-corrected chi connectivity index (χ0v) is 18.5. The number of rotatable bonds is 6. The molecule has 148 valence electrons. The van der Waals surface area contributed by atoms with Gasteiger partial charge < -0.3 is 9.47 Å². The van der Waals surface area contributed by atoms with Gasteiger partial charge in [0.05, 0.1) is 18.2 Å². The zero-order chi connectivity index (χ0) is 20.3. The van der Waals surface area contributed by atoms with Crippen molar-refractivity contribution < 1.29 is 22.7 Å². The maximum absolute atomic E-state index is 12.2. The normalized spacial score (nSPS) is 13.0. The summed E-state index contributed by atoms with van der Waals surface area (Å²) in [5, 5.41) is 3.89. The summed E-state index contributed by atoms with van der Waals surface area (Å²) in [7, 11) is -3.67. The first-order valence-corrected chi connectivity index (χ1v) is 11.3. The van der Waals surface area contributed by atoms with Gasteiger partial charge in [0.15, 0.2) is 11.5 Å². The lowest BCUT2D eigenvalue weighted by atomic mass is 10.2. The summed E-state index contributed by atoms with van der Waals surface area (Å²) in [5.74, 6) is 0.604. The van der Waals surface area contributed by atoms with Crippen LogP contribution in [-0.2, 0) is 14.8 Å². The number of ether oxygens (including phenoxy) is 2. The van der Waals surface area contributed by atoms with Crippen molar-refractivity contribution in [1.29, 1.82) is 0 Å². The van der Waals surface area contributed by atoms with Crippen LogP contribution in [0.1, 0.15) is 5.56 Å². The molecule has 0 unspecified atom stereocenters. The lowest BCUT2D eigenvalue weighted by Crippen LogP contribution is -2.39. The predicted octanol–water partition coefficient (Wildman–Crippen LogP) is 2.86. The number of nitrogens with zero attached hydrogens (tertiary/aromatic N) is 2. The number of hydrogen-bond acceptors (Lipinski definition) is 6. The van der Waals surface area contributed by atoms with Crippen molar-refractivity contribution in [3.8, 4) is 11.5 Å². The number of carbonyl (C=O) groups excluding carboxylic acids is 1. The van der Waals surface area contributed by atoms with E-state index < -0.39 is 22.5 Å². The molecule has 1 amide bonds. The average molecular weight is 533 g/mol. The summed E-state index contributed by atoms with van der Waals surface area (Å²) < 4.78 is 37.1. The molecule has 0 fully saturated rings. The van der Waals surface area contributed by atoms with Gasteiger partial charge in [-0.1, -0.05) is 12.1 Å². The second-order valence-corrected chi connectivity index (χ2v) is 9.36. The molecule has 1 N–H and O–H groups in total. The minimum Gasteiger partial charge on any atom is -0.454 e. The number of para-hydroxylation sites is 1. The second kappa shape index (κ2) is 8.50. The van der Waals surface area contributed by atoms with Crippen LogP contribution in [0.2, 0.25) is 0 Å². The Morgan fingerprint density at radius 1 is 1.21 bits per heavy atom. The largest absolute Gasteiger partial charge is 0.454 e. The monoisotopic (exact) mass is 531 g/mol. The fraction of sp³-hybridized carbons (Fsp3) is 0.176. The van der Waals surface area contributed by atoms with E-state index in [1.165, 1.54) is 6.21 Å². The smallest absolute Gasteiger partial charge is 0.260 e. The number of halogens is 2. The van der Waals surface area contributed by atoms with Crippen molar-refractivity contribution in [2.75, 3.05) is 23.9 Å². The summed E-state index contributed by atoms with van der Waals surface area (Å²) in [5.41, 5.74) is 3.36. The predicted molar refractivity (Wildman–Crippen MR) is 112 cm³/mol. The minimum absolute atomic E-state index is 0.148. The molecule has 1 heterocycles. The van der Waals surface area contributed by atoms with Crippen LogP contribution in [-0.4, -0.2) is 40.1 Å². The maximum Gasteiger partial charge on any atom is 0.260 e. The van der Waals surface area contributed by atoms with Gasteiger partial charge in [-0.2, -0.15) is 5.10 Å². The van der Waals surface area contributed by atoms with Crippen molar-refractivity contribution in [2.24, 2.45) is 5.10 Å². The van der Waals surface area contributed by atoms with Crippen LogP contribution in [0.25, 0.3) is 0 Å². The highest BCUT2D eigenvalue weighted by atomic mass is 79.9. The molecule has 0 saturated carbocycles. The standard InChI is InChI=1S/C17H15Br2N3O5S/c1-28(24,25)22(14-5-3-2-4-12(14)18)9-17(23)21-20-8-11-6-15-16(7-13(11)19)27-10-26-15/h2-8H,9-10H2,1H3,(H,21,23)/b20-8-. The zero-order valence-electron chi connectivity index (χ0n) is 14.6. The van der Waals surface area contributed by atoms with Crippen molar-refractivity contribution in [3.63, 3.8) is 0 Å². The number of fused-ring (bicyclic) bond motifs is 1. The number of anilines is 1. The van der Waals surface area contributed by atoms with Gasteiger partial charge in [0.1, 0.15) is 6.54 Å². The number of nitrogens with one attached hydrogen (secondary N) is 1. The van der Waals surface area contributed by atoms with Gasteiger partial charge in [0.2, 0.25) is 16.8 Å². The van der Waals surface area contributed by atoms with Gasteiger partial charge in [-0.15, -0.1) is 0 Å². The van der Waals surface area contributed by atoms with E-state index in [1.807, 2.05) is 0 Å². The van der Waals surface area contributed by atoms with Gasteiger partial charge in [0.25, 0.3) is 5.91 Å². The fourth-order valence-corrected chi connectivity index (χ4v) is 4.32. The van der Waals surface area contributed by atoms with E-state index in [2.05, 4.69) is 42.4 Å². The van der Waals surface area contributed by atoms with Gasteiger partial charge in [-0.05, 0) is 56.1 Å². The van der Waals surface area contributed by atoms with Crippen LogP contribution in [0.5, 0.6) is 11.5 Å². The SMILES string of the molecule is CS(=O)(=O)N(CC(=O)N/N=C\c1cc2c(cc1Br)OCO2)c1ccccc1Br. The van der Waals surface area contributed by atoms with E-state index in [9.17, 15) is 13.2 Å². The highest BCUT2D eigenvalue weighted by molar-refractivity contribution is 9.11. The van der Waals surface area contributed by atoms with Gasteiger partial charge in [-0.3, -0.25) is 9.10 Å². The van der Waals surface area contributed by atoms with Crippen molar-refractivity contribution in [2.45, 2.75) is 0 Å². The van der Waals surface area contributed by atoms with Crippen LogP contribution in [0.15, 0.2) is 50.4 Å². The maximum atomic E-state index is 12.2. The molecular weight excluding hydrogens is 518 g/mol. The number of hydrazone groups is 1. The van der Waals surface area contributed by atoms with Crippen LogP contribution in [0.4, 0.5) is 5.69 Å². The quantitative estimate of drug-likeness (QED) is 0.455. The molecule has 2 aromatic rings. The first-order chi connectivity index (χ1) is 13.3. The van der Waals surface area contributed by atoms with Crippen molar-refractivity contribution in [1.82, 2.24) is 5.43 Å². The molecule has 11 heteroatoms. The highest BCUT2D eigenvalue weighted by Gasteiger charge is 2.22. The van der Waals surface area contributed by atoms with Gasteiger partial charge in [0, 0.05) is 14.5 Å². The third kappa shape index (κ3) is 4.83. The first kappa shape index (κ1) is 20.6. The fourth-order valence-electron chi connectivity index (χ4n) is 2.41. The number of benzene rings is 2. The molecule has 0 bridgehead atoms. The van der Waals surface area contributed by atoms with Crippen LogP contribution in [0.3, 0.4) is 0 Å². The van der Waals surface area contributed by atoms with Crippen molar-refractivity contribution in [3.05, 3.63) is 50.9 Å². The van der Waals surface area contributed by atoms with Gasteiger partial charge in [-0.25, -0.2) is 13.8 Å². The third-order valence-electron chi connectivity index (χ3n) is 3.69. The van der Waals surface area contributed by atoms with Crippen LogP contribution >= 0.6 is 31.9 Å². The molecule has 0 radical (unpaired) electrons. The van der Waals surface area contributed by atoms with Gasteiger partial charge >= 0.3 is 0 Å². The highest BCUT2D eigenvalue weighted by Crippen LogP contribution is 2.36. The Kier molecular flexibility index (Phi) is 6.26. The summed E-state index contributed by atoms with van der Waals surface area (Å²) in [4.78, 5) is 12.2. The number of amides is 1. The van der Waals surface area contributed by atoms with E-state index in [4.69, 9.17) is 9.47 Å². The topological polar surface area (TPSA) is 97.3 Å². The summed E-state index contributed by atoms with van der Waals surface area (Å²) in [6.07, 6.45) is 2.46. The Labute approximate surface area is 178 Å². The molecule has 8 nitrogen and oxygen atoms in total. The number of hydrogen-bond donors (Lipinski definition) is 1. The Hall–Kier alpha value is -2.11. The summed E-state index contributed by atoms with van der Waals surface area (Å²) in [6, 6.07) is 10.2. The van der Waals surface area contributed by atoms with E-state index in [0.717, 1.165) is 10.6 Å². The van der Waals surface area contributed by atoms with Crippen LogP contribution < -0.4 is 19.2 Å². The molecule has 1 aliphatic heterocycles. The summed E-state index contributed by atoms with van der Waals surface area (Å²) in [6.45, 7) is -0.267. The molecular formula is C17H15Br2N3O5S. The first-order valence-electron chi connectivity index (χ1n) is 7.89. The molecule has 0 saturated heterocycles. The molecule has 28 heavy (non-hydrogen) atoms. The molecule has 1 aliphatic rings. The van der Waals surface area contributed by atoms with E-state index >= 15 is 0 Å². The minimum atomic E-state index is -3.67. The van der Waals surface area contributed by atoms with Crippen LogP contribution in [0, 0.1) is 0 Å². The van der Waals surface area contributed by atoms with E-state index in [-0.39, 0.29) is 6.79 Å². The second-order valence-electron chi connectivity index (χ2n) is 5.74. The Balaban J connectivity index is 1.71. The molecule has 3 rings (SSSR count). The molecule has 0 spiro atoms. The Bertz CT molecular complexity index is 1040. The third-order valence-corrected chi connectivity index (χ3v) is 6.18. The van der Waals surface area contributed by atoms with E-state index in [1.54, 1.807) is 36.4 Å². The lowest BCUT2D eigenvalue weighted by Gasteiger charge is -2.22. The van der Waals surface area contributed by atoms with E-state index in [0.29, 0.717) is 31.7 Å². The molecule has 0 aromatic heterocycles. The molecule has 2 aromatic carbocycles. The van der Waals surface area contributed by atoms with Crippen molar-refractivity contribution >= 4 is 59.7 Å².